The van der Waals surface area contributed by atoms with Crippen LogP contribution in [0.5, 0.6) is 0 Å². The SMILES string of the molecule is NC(=O)N1C[C@H](c2ccccc2)CCc2ccccc21. The van der Waals surface area contributed by atoms with Crippen molar-refractivity contribution >= 4 is 11.7 Å². The van der Waals surface area contributed by atoms with Crippen molar-refractivity contribution in [1.29, 1.82) is 0 Å². The summed E-state index contributed by atoms with van der Waals surface area (Å²) >= 11 is 0. The highest BCUT2D eigenvalue weighted by Gasteiger charge is 2.25. The summed E-state index contributed by atoms with van der Waals surface area (Å²) in [6.07, 6.45) is 2.00. The highest BCUT2D eigenvalue weighted by molar-refractivity contribution is 5.91. The molecule has 1 aliphatic rings. The third-order valence-corrected chi connectivity index (χ3v) is 3.98. The van der Waals surface area contributed by atoms with Crippen LogP contribution in [0.2, 0.25) is 0 Å². The summed E-state index contributed by atoms with van der Waals surface area (Å²) < 4.78 is 0. The van der Waals surface area contributed by atoms with Crippen molar-refractivity contribution in [1.82, 2.24) is 0 Å². The van der Waals surface area contributed by atoms with E-state index in [-0.39, 0.29) is 6.03 Å². The Hall–Kier alpha value is -2.29. The Balaban J connectivity index is 1.96. The number of anilines is 1. The Morgan fingerprint density at radius 1 is 1.05 bits per heavy atom. The second kappa shape index (κ2) is 5.37. The topological polar surface area (TPSA) is 46.3 Å². The van der Waals surface area contributed by atoms with Gasteiger partial charge in [0.2, 0.25) is 0 Å². The fourth-order valence-corrected chi connectivity index (χ4v) is 2.93. The molecule has 20 heavy (non-hydrogen) atoms. The lowest BCUT2D eigenvalue weighted by Gasteiger charge is -2.24. The van der Waals surface area contributed by atoms with Crippen molar-refractivity contribution in [3.63, 3.8) is 0 Å². The molecule has 0 saturated heterocycles. The van der Waals surface area contributed by atoms with Crippen molar-refractivity contribution in [2.75, 3.05) is 11.4 Å². The van der Waals surface area contributed by atoms with Gasteiger partial charge in [0.05, 0.1) is 0 Å². The van der Waals surface area contributed by atoms with Crippen LogP contribution >= 0.6 is 0 Å². The molecule has 0 bridgehead atoms. The summed E-state index contributed by atoms with van der Waals surface area (Å²) in [5, 5.41) is 0. The van der Waals surface area contributed by atoms with Crippen LogP contribution in [0, 0.1) is 0 Å². The number of nitrogens with zero attached hydrogens (tertiary/aromatic N) is 1. The minimum atomic E-state index is -0.375. The number of amides is 2. The predicted molar refractivity (Wildman–Crippen MR) is 80.9 cm³/mol. The average Bonchev–Trinajstić information content (AvgIpc) is 2.68. The number of aryl methyl sites for hydroxylation is 1. The smallest absolute Gasteiger partial charge is 0.319 e. The molecule has 1 atom stereocenters. The van der Waals surface area contributed by atoms with Crippen LogP contribution in [-0.2, 0) is 6.42 Å². The van der Waals surface area contributed by atoms with Gasteiger partial charge in [-0.3, -0.25) is 4.90 Å². The van der Waals surface area contributed by atoms with Crippen LogP contribution in [-0.4, -0.2) is 12.6 Å². The highest BCUT2D eigenvalue weighted by atomic mass is 16.2. The first-order valence-corrected chi connectivity index (χ1v) is 6.95. The van der Waals surface area contributed by atoms with Crippen molar-refractivity contribution in [2.45, 2.75) is 18.8 Å². The minimum absolute atomic E-state index is 0.330. The van der Waals surface area contributed by atoms with E-state index in [2.05, 4.69) is 18.2 Å². The maximum absolute atomic E-state index is 11.8. The molecule has 2 aromatic rings. The van der Waals surface area contributed by atoms with Gasteiger partial charge in [0.1, 0.15) is 0 Å². The second-order valence-electron chi connectivity index (χ2n) is 5.22. The summed E-state index contributed by atoms with van der Waals surface area (Å²) in [5.41, 5.74) is 9.00. The summed E-state index contributed by atoms with van der Waals surface area (Å²) in [6, 6.07) is 18.0. The van der Waals surface area contributed by atoms with Crippen LogP contribution in [0.15, 0.2) is 54.6 Å². The molecule has 3 heteroatoms. The molecule has 2 N–H and O–H groups in total. The van der Waals surface area contributed by atoms with E-state index in [0.29, 0.717) is 12.5 Å². The third-order valence-electron chi connectivity index (χ3n) is 3.98. The number of hydrogen-bond donors (Lipinski definition) is 1. The van der Waals surface area contributed by atoms with Crippen LogP contribution in [0.25, 0.3) is 0 Å². The number of benzene rings is 2. The van der Waals surface area contributed by atoms with E-state index in [1.54, 1.807) is 4.90 Å². The van der Waals surface area contributed by atoms with E-state index >= 15 is 0 Å². The zero-order valence-electron chi connectivity index (χ0n) is 11.3. The summed E-state index contributed by atoms with van der Waals surface area (Å²) in [4.78, 5) is 13.5. The molecule has 0 unspecified atom stereocenters. The number of primary amides is 1. The molecular weight excluding hydrogens is 248 g/mol. The predicted octanol–water partition coefficient (Wildman–Crippen LogP) is 3.30. The zero-order valence-corrected chi connectivity index (χ0v) is 11.3. The zero-order chi connectivity index (χ0) is 13.9. The van der Waals surface area contributed by atoms with Gasteiger partial charge in [-0.25, -0.2) is 4.79 Å². The van der Waals surface area contributed by atoms with Gasteiger partial charge in [0, 0.05) is 18.2 Å². The number of rotatable bonds is 1. The molecule has 2 amide bonds. The van der Waals surface area contributed by atoms with E-state index in [4.69, 9.17) is 5.73 Å². The number of para-hydroxylation sites is 1. The van der Waals surface area contributed by atoms with Gasteiger partial charge in [0.25, 0.3) is 0 Å². The first kappa shape index (κ1) is 12.7. The van der Waals surface area contributed by atoms with Crippen LogP contribution in [0.4, 0.5) is 10.5 Å². The van der Waals surface area contributed by atoms with Crippen LogP contribution < -0.4 is 10.6 Å². The highest BCUT2D eigenvalue weighted by Crippen LogP contribution is 2.32. The minimum Gasteiger partial charge on any atom is -0.351 e. The standard InChI is InChI=1S/C17H18N2O/c18-17(20)19-12-15(13-6-2-1-3-7-13)11-10-14-8-4-5-9-16(14)19/h1-9,15H,10-12H2,(H2,18,20)/t15-/m1/s1. The molecule has 0 spiro atoms. The van der Waals surface area contributed by atoms with Crippen molar-refractivity contribution < 1.29 is 4.79 Å². The molecule has 0 saturated carbocycles. The van der Waals surface area contributed by atoms with Crippen LogP contribution in [0.1, 0.15) is 23.5 Å². The van der Waals surface area contributed by atoms with Gasteiger partial charge in [0.15, 0.2) is 0 Å². The van der Waals surface area contributed by atoms with Crippen LogP contribution in [0.3, 0.4) is 0 Å². The van der Waals surface area contributed by atoms with Gasteiger partial charge >= 0.3 is 6.03 Å². The fourth-order valence-electron chi connectivity index (χ4n) is 2.93. The van der Waals surface area contributed by atoms with Gasteiger partial charge in [-0.15, -0.1) is 0 Å². The number of hydrogen-bond acceptors (Lipinski definition) is 1. The number of carbonyl (C=O) groups excluding carboxylic acids is 1. The van der Waals surface area contributed by atoms with E-state index in [0.717, 1.165) is 18.5 Å². The normalized spacial score (nSPS) is 18.2. The van der Waals surface area contributed by atoms with Gasteiger partial charge in [-0.05, 0) is 30.0 Å². The Morgan fingerprint density at radius 2 is 1.75 bits per heavy atom. The van der Waals surface area contributed by atoms with Crippen molar-refractivity contribution in [3.8, 4) is 0 Å². The summed E-state index contributed by atoms with van der Waals surface area (Å²) in [5.74, 6) is 0.330. The lowest BCUT2D eigenvalue weighted by molar-refractivity contribution is 0.253. The summed E-state index contributed by atoms with van der Waals surface area (Å²) in [6.45, 7) is 0.649. The number of urea groups is 1. The van der Waals surface area contributed by atoms with Gasteiger partial charge < -0.3 is 5.73 Å². The molecule has 0 aliphatic carbocycles. The Labute approximate surface area is 119 Å². The molecule has 102 valence electrons. The maximum Gasteiger partial charge on any atom is 0.319 e. The molecular formula is C17H18N2O. The number of carbonyl (C=O) groups is 1. The first-order chi connectivity index (χ1) is 9.75. The average molecular weight is 266 g/mol. The fraction of sp³-hybridized carbons (Fsp3) is 0.235. The quantitative estimate of drug-likeness (QED) is 0.845. The molecule has 1 heterocycles. The van der Waals surface area contributed by atoms with Gasteiger partial charge in [-0.1, -0.05) is 48.5 Å². The Bertz CT molecular complexity index is 609. The molecule has 0 aromatic heterocycles. The van der Waals surface area contributed by atoms with E-state index in [1.165, 1.54) is 11.1 Å². The third kappa shape index (κ3) is 2.39. The Morgan fingerprint density at radius 3 is 2.50 bits per heavy atom. The molecule has 3 rings (SSSR count). The van der Waals surface area contributed by atoms with Crippen molar-refractivity contribution in [3.05, 3.63) is 65.7 Å². The van der Waals surface area contributed by atoms with E-state index in [1.807, 2.05) is 36.4 Å². The lowest BCUT2D eigenvalue weighted by Crippen LogP contribution is -2.38. The van der Waals surface area contributed by atoms with E-state index in [9.17, 15) is 4.79 Å². The largest absolute Gasteiger partial charge is 0.351 e. The molecule has 1 aliphatic heterocycles. The second-order valence-corrected chi connectivity index (χ2v) is 5.22. The molecule has 2 aromatic carbocycles. The van der Waals surface area contributed by atoms with Gasteiger partial charge in [-0.2, -0.15) is 0 Å². The lowest BCUT2D eigenvalue weighted by atomic mass is 9.93. The number of nitrogens with two attached hydrogens (primary N) is 1. The molecule has 3 nitrogen and oxygen atoms in total. The van der Waals surface area contributed by atoms with Crippen molar-refractivity contribution in [2.24, 2.45) is 5.73 Å². The monoisotopic (exact) mass is 266 g/mol. The molecule has 0 fully saturated rings. The summed E-state index contributed by atoms with van der Waals surface area (Å²) in [7, 11) is 0. The Kier molecular flexibility index (Phi) is 3.42. The number of fused-ring (bicyclic) bond motifs is 1. The molecule has 0 radical (unpaired) electrons. The van der Waals surface area contributed by atoms with E-state index < -0.39 is 0 Å². The maximum atomic E-state index is 11.8. The first-order valence-electron chi connectivity index (χ1n) is 6.95.